The topological polar surface area (TPSA) is 56.9 Å². The first-order valence-electron chi connectivity index (χ1n) is 6.88. The Hall–Kier alpha value is -2.07. The molecule has 1 aromatic carbocycles. The third-order valence-corrected chi connectivity index (χ3v) is 3.31. The summed E-state index contributed by atoms with van der Waals surface area (Å²) in [6.45, 7) is 4.52. The van der Waals surface area contributed by atoms with Crippen molar-refractivity contribution < 1.29 is 4.79 Å². The zero-order chi connectivity index (χ0) is 14.4. The van der Waals surface area contributed by atoms with Crippen LogP contribution in [-0.4, -0.2) is 16.9 Å². The molecule has 2 aromatic rings. The molecule has 0 radical (unpaired) electrons. The number of nitrogens with one attached hydrogen (secondary N) is 3. The molecule has 1 aromatic heterocycles. The van der Waals surface area contributed by atoms with E-state index in [4.69, 9.17) is 0 Å². The molecule has 4 heteroatoms. The number of aromatic nitrogens is 1. The molecule has 0 saturated heterocycles. The number of hydrogen-bond acceptors (Lipinski definition) is 2. The monoisotopic (exact) mass is 271 g/mol. The highest BCUT2D eigenvalue weighted by molar-refractivity contribution is 5.81. The lowest BCUT2D eigenvalue weighted by Crippen LogP contribution is -2.42. The van der Waals surface area contributed by atoms with Crippen LogP contribution < -0.4 is 10.6 Å². The van der Waals surface area contributed by atoms with Crippen molar-refractivity contribution in [2.75, 3.05) is 0 Å². The van der Waals surface area contributed by atoms with E-state index in [1.807, 2.05) is 62.5 Å². The minimum Gasteiger partial charge on any atom is -0.364 e. The molecule has 1 amide bonds. The van der Waals surface area contributed by atoms with Gasteiger partial charge >= 0.3 is 0 Å². The van der Waals surface area contributed by atoms with E-state index in [9.17, 15) is 4.79 Å². The standard InChI is InChI=1S/C16H21N3O/c1-12(14-7-4-3-5-8-14)19-16(20)13(2)18-11-15-9-6-10-17-15/h3-10,12-13,17-18H,11H2,1-2H3,(H,19,20)/t12-,13?/m0/s1. The number of rotatable bonds is 6. The van der Waals surface area contributed by atoms with Gasteiger partial charge in [-0.2, -0.15) is 0 Å². The van der Waals surface area contributed by atoms with Crippen molar-refractivity contribution in [2.24, 2.45) is 0 Å². The van der Waals surface area contributed by atoms with Crippen LogP contribution >= 0.6 is 0 Å². The normalized spacial score (nSPS) is 13.7. The first-order chi connectivity index (χ1) is 9.66. The van der Waals surface area contributed by atoms with Crippen LogP contribution in [0.25, 0.3) is 0 Å². The molecule has 3 N–H and O–H groups in total. The average Bonchev–Trinajstić information content (AvgIpc) is 2.98. The van der Waals surface area contributed by atoms with Crippen molar-refractivity contribution in [2.45, 2.75) is 32.5 Å². The van der Waals surface area contributed by atoms with Crippen LogP contribution in [0.2, 0.25) is 0 Å². The largest absolute Gasteiger partial charge is 0.364 e. The van der Waals surface area contributed by atoms with Crippen LogP contribution in [-0.2, 0) is 11.3 Å². The molecular formula is C16H21N3O. The van der Waals surface area contributed by atoms with Crippen molar-refractivity contribution >= 4 is 5.91 Å². The molecule has 0 bridgehead atoms. The average molecular weight is 271 g/mol. The number of carbonyl (C=O) groups is 1. The molecule has 1 unspecified atom stereocenters. The minimum atomic E-state index is -0.232. The molecule has 2 rings (SSSR count). The zero-order valence-electron chi connectivity index (χ0n) is 11.9. The van der Waals surface area contributed by atoms with E-state index in [1.54, 1.807) is 0 Å². The van der Waals surface area contributed by atoms with E-state index in [-0.39, 0.29) is 18.0 Å². The van der Waals surface area contributed by atoms with Gasteiger partial charge in [0.25, 0.3) is 0 Å². The van der Waals surface area contributed by atoms with E-state index in [0.29, 0.717) is 6.54 Å². The summed E-state index contributed by atoms with van der Waals surface area (Å²) in [5.74, 6) is 0.00732. The first-order valence-corrected chi connectivity index (χ1v) is 6.88. The van der Waals surface area contributed by atoms with Gasteiger partial charge in [0.05, 0.1) is 12.1 Å². The molecule has 4 nitrogen and oxygen atoms in total. The maximum Gasteiger partial charge on any atom is 0.237 e. The minimum absolute atomic E-state index is 0.00732. The summed E-state index contributed by atoms with van der Waals surface area (Å²) in [6.07, 6.45) is 1.87. The van der Waals surface area contributed by atoms with Crippen molar-refractivity contribution in [1.82, 2.24) is 15.6 Å². The van der Waals surface area contributed by atoms with E-state index >= 15 is 0 Å². The fraction of sp³-hybridized carbons (Fsp3) is 0.312. The molecule has 106 valence electrons. The Morgan fingerprint density at radius 2 is 1.90 bits per heavy atom. The zero-order valence-corrected chi connectivity index (χ0v) is 11.9. The maximum atomic E-state index is 12.1. The van der Waals surface area contributed by atoms with Crippen LogP contribution in [0.1, 0.15) is 31.1 Å². The fourth-order valence-corrected chi connectivity index (χ4v) is 2.00. The van der Waals surface area contributed by atoms with Crippen molar-refractivity contribution in [1.29, 1.82) is 0 Å². The van der Waals surface area contributed by atoms with Crippen LogP contribution in [0.4, 0.5) is 0 Å². The van der Waals surface area contributed by atoms with Crippen LogP contribution in [0.5, 0.6) is 0 Å². The summed E-state index contributed by atoms with van der Waals surface area (Å²) in [5.41, 5.74) is 2.18. The van der Waals surface area contributed by atoms with E-state index in [1.165, 1.54) is 0 Å². The Balaban J connectivity index is 1.81. The second-order valence-corrected chi connectivity index (χ2v) is 4.94. The van der Waals surface area contributed by atoms with Crippen molar-refractivity contribution in [3.05, 3.63) is 59.9 Å². The van der Waals surface area contributed by atoms with Gasteiger partial charge in [0.15, 0.2) is 0 Å². The highest BCUT2D eigenvalue weighted by Gasteiger charge is 2.15. The number of benzene rings is 1. The highest BCUT2D eigenvalue weighted by atomic mass is 16.2. The van der Waals surface area contributed by atoms with E-state index in [2.05, 4.69) is 15.6 Å². The molecule has 0 aliphatic heterocycles. The lowest BCUT2D eigenvalue weighted by atomic mass is 10.1. The van der Waals surface area contributed by atoms with Gasteiger partial charge in [0.2, 0.25) is 5.91 Å². The molecule has 2 atom stereocenters. The predicted octanol–water partition coefficient (Wildman–Crippen LogP) is 2.37. The second-order valence-electron chi connectivity index (χ2n) is 4.94. The number of H-pyrrole nitrogens is 1. The van der Waals surface area contributed by atoms with Crippen LogP contribution in [0.15, 0.2) is 48.7 Å². The summed E-state index contributed by atoms with van der Waals surface area (Å²) >= 11 is 0. The Labute approximate surface area is 119 Å². The first kappa shape index (κ1) is 14.3. The maximum absolute atomic E-state index is 12.1. The van der Waals surface area contributed by atoms with Gasteiger partial charge in [-0.1, -0.05) is 30.3 Å². The number of amides is 1. The molecular weight excluding hydrogens is 250 g/mol. The quantitative estimate of drug-likeness (QED) is 0.755. The van der Waals surface area contributed by atoms with Gasteiger partial charge in [0, 0.05) is 18.4 Å². The van der Waals surface area contributed by atoms with E-state index in [0.717, 1.165) is 11.3 Å². The Morgan fingerprint density at radius 1 is 1.15 bits per heavy atom. The van der Waals surface area contributed by atoms with Crippen molar-refractivity contribution in [3.63, 3.8) is 0 Å². The summed E-state index contributed by atoms with van der Waals surface area (Å²) in [6, 6.07) is 13.7. The molecule has 0 fully saturated rings. The summed E-state index contributed by atoms with van der Waals surface area (Å²) in [4.78, 5) is 15.2. The van der Waals surface area contributed by atoms with Crippen LogP contribution in [0, 0.1) is 0 Å². The Kier molecular flexibility index (Phi) is 4.96. The predicted molar refractivity (Wildman–Crippen MR) is 80.1 cm³/mol. The van der Waals surface area contributed by atoms with Gasteiger partial charge in [-0.15, -0.1) is 0 Å². The fourth-order valence-electron chi connectivity index (χ4n) is 2.00. The third kappa shape index (κ3) is 3.96. The Morgan fingerprint density at radius 3 is 2.55 bits per heavy atom. The molecule has 0 aliphatic rings. The lowest BCUT2D eigenvalue weighted by molar-refractivity contribution is -0.123. The third-order valence-electron chi connectivity index (χ3n) is 3.31. The second kappa shape index (κ2) is 6.91. The molecule has 0 spiro atoms. The molecule has 1 heterocycles. The van der Waals surface area contributed by atoms with E-state index < -0.39 is 0 Å². The number of hydrogen-bond donors (Lipinski definition) is 3. The molecule has 0 aliphatic carbocycles. The van der Waals surface area contributed by atoms with Gasteiger partial charge in [-0.05, 0) is 31.5 Å². The van der Waals surface area contributed by atoms with Gasteiger partial charge in [0.1, 0.15) is 0 Å². The SMILES string of the molecule is CC(NCc1ccc[nH]1)C(=O)N[C@@H](C)c1ccccc1. The van der Waals surface area contributed by atoms with Crippen LogP contribution in [0.3, 0.4) is 0 Å². The van der Waals surface area contributed by atoms with Gasteiger partial charge in [-0.25, -0.2) is 0 Å². The highest BCUT2D eigenvalue weighted by Crippen LogP contribution is 2.11. The van der Waals surface area contributed by atoms with Gasteiger partial charge in [-0.3, -0.25) is 4.79 Å². The number of carbonyl (C=O) groups excluding carboxylic acids is 1. The number of aromatic amines is 1. The summed E-state index contributed by atoms with van der Waals surface area (Å²) in [7, 11) is 0. The lowest BCUT2D eigenvalue weighted by Gasteiger charge is -2.18. The molecule has 20 heavy (non-hydrogen) atoms. The summed E-state index contributed by atoms with van der Waals surface area (Å²) in [5, 5.41) is 6.21. The molecule has 0 saturated carbocycles. The van der Waals surface area contributed by atoms with Crippen molar-refractivity contribution in [3.8, 4) is 0 Å². The Bertz CT molecular complexity index is 522. The van der Waals surface area contributed by atoms with Gasteiger partial charge < -0.3 is 15.6 Å². The summed E-state index contributed by atoms with van der Waals surface area (Å²) < 4.78 is 0. The smallest absolute Gasteiger partial charge is 0.237 e.